The number of amides is 1. The summed E-state index contributed by atoms with van der Waals surface area (Å²) in [6.07, 6.45) is 6.47. The minimum atomic E-state index is -0.234. The first kappa shape index (κ1) is 12.5. The van der Waals surface area contributed by atoms with Crippen LogP contribution in [0.5, 0.6) is 0 Å². The molecule has 2 rings (SSSR count). The van der Waals surface area contributed by atoms with Gasteiger partial charge in [0.05, 0.1) is 17.6 Å². The van der Waals surface area contributed by atoms with E-state index in [2.05, 4.69) is 5.43 Å². The summed E-state index contributed by atoms with van der Waals surface area (Å²) in [7, 11) is 0. The van der Waals surface area contributed by atoms with Gasteiger partial charge in [-0.15, -0.1) is 11.3 Å². The van der Waals surface area contributed by atoms with Crippen molar-refractivity contribution < 1.29 is 9.53 Å². The standard InChI is InChI=1S/C12H18N2O2S/c13-14-12(15)11-9(6-7-17-11)8-16-10-4-2-1-3-5-10/h6-7,10H,1-5,8,13H2,(H,14,15). The third-order valence-corrected chi connectivity index (χ3v) is 4.07. The van der Waals surface area contributed by atoms with Crippen molar-refractivity contribution in [2.45, 2.75) is 44.8 Å². The van der Waals surface area contributed by atoms with Gasteiger partial charge in [-0.1, -0.05) is 19.3 Å². The number of hydrogen-bond donors (Lipinski definition) is 2. The number of ether oxygens (including phenoxy) is 1. The van der Waals surface area contributed by atoms with Crippen molar-refractivity contribution in [2.24, 2.45) is 5.84 Å². The Bertz CT molecular complexity index is 372. The largest absolute Gasteiger partial charge is 0.373 e. The van der Waals surface area contributed by atoms with E-state index in [1.807, 2.05) is 11.4 Å². The van der Waals surface area contributed by atoms with Gasteiger partial charge in [0.25, 0.3) is 5.91 Å². The average molecular weight is 254 g/mol. The van der Waals surface area contributed by atoms with Crippen molar-refractivity contribution in [3.8, 4) is 0 Å². The summed E-state index contributed by atoms with van der Waals surface area (Å²) in [6, 6.07) is 1.93. The first-order chi connectivity index (χ1) is 8.31. The van der Waals surface area contributed by atoms with Crippen LogP contribution in [0.2, 0.25) is 0 Å². The summed E-state index contributed by atoms with van der Waals surface area (Å²) in [5.74, 6) is 4.90. The Morgan fingerprint density at radius 3 is 2.94 bits per heavy atom. The molecule has 17 heavy (non-hydrogen) atoms. The summed E-state index contributed by atoms with van der Waals surface area (Å²) in [5.41, 5.74) is 3.10. The zero-order chi connectivity index (χ0) is 12.1. The zero-order valence-electron chi connectivity index (χ0n) is 9.78. The number of hydrazine groups is 1. The number of nitrogens with two attached hydrogens (primary N) is 1. The van der Waals surface area contributed by atoms with Crippen molar-refractivity contribution in [2.75, 3.05) is 0 Å². The molecule has 0 bridgehead atoms. The molecule has 1 saturated carbocycles. The minimum absolute atomic E-state index is 0.234. The molecular weight excluding hydrogens is 236 g/mol. The number of rotatable bonds is 4. The van der Waals surface area contributed by atoms with E-state index in [4.69, 9.17) is 10.6 Å². The third kappa shape index (κ3) is 3.28. The molecule has 1 amide bonds. The van der Waals surface area contributed by atoms with E-state index in [0.717, 1.165) is 18.4 Å². The van der Waals surface area contributed by atoms with E-state index < -0.39 is 0 Å². The molecule has 0 atom stereocenters. The molecule has 4 nitrogen and oxygen atoms in total. The van der Waals surface area contributed by atoms with Crippen LogP contribution in [0.4, 0.5) is 0 Å². The molecule has 0 aliphatic heterocycles. The maximum Gasteiger partial charge on any atom is 0.275 e. The third-order valence-electron chi connectivity index (χ3n) is 3.11. The van der Waals surface area contributed by atoms with E-state index in [1.54, 1.807) is 0 Å². The maximum absolute atomic E-state index is 11.5. The lowest BCUT2D eigenvalue weighted by Gasteiger charge is -2.21. The molecule has 94 valence electrons. The van der Waals surface area contributed by atoms with E-state index in [9.17, 15) is 4.79 Å². The normalized spacial score (nSPS) is 17.0. The van der Waals surface area contributed by atoms with Gasteiger partial charge in [-0.3, -0.25) is 10.2 Å². The Balaban J connectivity index is 1.89. The van der Waals surface area contributed by atoms with Crippen molar-refractivity contribution >= 4 is 17.2 Å². The maximum atomic E-state index is 11.5. The van der Waals surface area contributed by atoms with Gasteiger partial charge in [-0.05, 0) is 24.3 Å². The zero-order valence-corrected chi connectivity index (χ0v) is 10.6. The lowest BCUT2D eigenvalue weighted by atomic mass is 9.98. The molecule has 5 heteroatoms. The van der Waals surface area contributed by atoms with Gasteiger partial charge in [0.2, 0.25) is 0 Å². The quantitative estimate of drug-likeness (QED) is 0.492. The molecule has 0 saturated heterocycles. The molecule has 1 aromatic heterocycles. The Hall–Kier alpha value is -0.910. The van der Waals surface area contributed by atoms with E-state index in [-0.39, 0.29) is 5.91 Å². The lowest BCUT2D eigenvalue weighted by Crippen LogP contribution is -2.30. The van der Waals surface area contributed by atoms with Gasteiger partial charge in [0.1, 0.15) is 0 Å². The molecule has 1 aliphatic rings. The molecule has 1 aromatic rings. The van der Waals surface area contributed by atoms with Crippen LogP contribution in [0.15, 0.2) is 11.4 Å². The molecule has 0 spiro atoms. The van der Waals surface area contributed by atoms with Crippen molar-refractivity contribution in [1.29, 1.82) is 0 Å². The number of nitrogens with one attached hydrogen (secondary N) is 1. The number of carbonyl (C=O) groups excluding carboxylic acids is 1. The van der Waals surface area contributed by atoms with Crippen LogP contribution in [0.25, 0.3) is 0 Å². The van der Waals surface area contributed by atoms with Crippen LogP contribution < -0.4 is 11.3 Å². The molecule has 3 N–H and O–H groups in total. The number of hydrogen-bond acceptors (Lipinski definition) is 4. The van der Waals surface area contributed by atoms with Crippen molar-refractivity contribution in [3.05, 3.63) is 21.9 Å². The summed E-state index contributed by atoms with van der Waals surface area (Å²) in [4.78, 5) is 12.1. The molecule has 1 heterocycles. The highest BCUT2D eigenvalue weighted by molar-refractivity contribution is 7.12. The minimum Gasteiger partial charge on any atom is -0.373 e. The summed E-state index contributed by atoms with van der Waals surface area (Å²) >= 11 is 1.40. The van der Waals surface area contributed by atoms with Crippen molar-refractivity contribution in [1.82, 2.24) is 5.43 Å². The number of carbonyl (C=O) groups is 1. The molecule has 0 unspecified atom stereocenters. The second-order valence-corrected chi connectivity index (χ2v) is 5.24. The second kappa shape index (κ2) is 6.14. The fourth-order valence-corrected chi connectivity index (χ4v) is 2.97. The second-order valence-electron chi connectivity index (χ2n) is 4.32. The smallest absolute Gasteiger partial charge is 0.275 e. The molecule has 0 aromatic carbocycles. The fraction of sp³-hybridized carbons (Fsp3) is 0.583. The Labute approximate surface area is 105 Å². The van der Waals surface area contributed by atoms with Crippen LogP contribution in [-0.2, 0) is 11.3 Å². The predicted molar refractivity (Wildman–Crippen MR) is 67.6 cm³/mol. The van der Waals surface area contributed by atoms with Crippen molar-refractivity contribution in [3.63, 3.8) is 0 Å². The van der Waals surface area contributed by atoms with Gasteiger partial charge in [0, 0.05) is 5.56 Å². The summed E-state index contributed by atoms with van der Waals surface area (Å²) < 4.78 is 5.85. The van der Waals surface area contributed by atoms with Crippen LogP contribution in [-0.4, -0.2) is 12.0 Å². The molecular formula is C12H18N2O2S. The van der Waals surface area contributed by atoms with Gasteiger partial charge in [-0.25, -0.2) is 5.84 Å². The lowest BCUT2D eigenvalue weighted by molar-refractivity contribution is 0.0167. The predicted octanol–water partition coefficient (Wildman–Crippen LogP) is 2.20. The number of nitrogen functional groups attached to an aromatic ring is 1. The Morgan fingerprint density at radius 2 is 2.24 bits per heavy atom. The molecule has 0 radical (unpaired) electrons. The van der Waals surface area contributed by atoms with Gasteiger partial charge in [-0.2, -0.15) is 0 Å². The fourth-order valence-electron chi connectivity index (χ4n) is 2.15. The highest BCUT2D eigenvalue weighted by atomic mass is 32.1. The first-order valence-electron chi connectivity index (χ1n) is 6.00. The molecule has 1 fully saturated rings. The topological polar surface area (TPSA) is 64.3 Å². The van der Waals surface area contributed by atoms with Gasteiger partial charge < -0.3 is 4.74 Å². The highest BCUT2D eigenvalue weighted by Gasteiger charge is 2.16. The molecule has 1 aliphatic carbocycles. The van der Waals surface area contributed by atoms with Crippen LogP contribution in [0.3, 0.4) is 0 Å². The van der Waals surface area contributed by atoms with Gasteiger partial charge >= 0.3 is 0 Å². The highest BCUT2D eigenvalue weighted by Crippen LogP contribution is 2.23. The van der Waals surface area contributed by atoms with Crippen LogP contribution >= 0.6 is 11.3 Å². The monoisotopic (exact) mass is 254 g/mol. The number of thiophene rings is 1. The summed E-state index contributed by atoms with van der Waals surface area (Å²) in [6.45, 7) is 0.511. The average Bonchev–Trinajstić information content (AvgIpc) is 2.85. The van der Waals surface area contributed by atoms with E-state index in [1.165, 1.54) is 30.6 Å². The first-order valence-corrected chi connectivity index (χ1v) is 6.88. The van der Waals surface area contributed by atoms with Gasteiger partial charge in [0.15, 0.2) is 0 Å². The van der Waals surface area contributed by atoms with Crippen LogP contribution in [0.1, 0.15) is 47.3 Å². The van der Waals surface area contributed by atoms with E-state index in [0.29, 0.717) is 17.6 Å². The Morgan fingerprint density at radius 1 is 1.47 bits per heavy atom. The Kier molecular flexibility index (Phi) is 4.53. The SMILES string of the molecule is NNC(=O)c1sccc1COC1CCCCC1. The van der Waals surface area contributed by atoms with E-state index >= 15 is 0 Å². The summed E-state index contributed by atoms with van der Waals surface area (Å²) in [5, 5.41) is 1.89. The van der Waals surface area contributed by atoms with Crippen LogP contribution in [0, 0.1) is 0 Å².